The van der Waals surface area contributed by atoms with Crippen LogP contribution in [0.4, 0.5) is 4.39 Å². The number of rotatable bonds is 2. The van der Waals surface area contributed by atoms with Gasteiger partial charge in [-0.3, -0.25) is 0 Å². The lowest BCUT2D eigenvalue weighted by Crippen LogP contribution is -2.28. The molecule has 1 nitrogen and oxygen atoms in total. The van der Waals surface area contributed by atoms with Crippen molar-refractivity contribution in [2.45, 2.75) is 29.6 Å². The van der Waals surface area contributed by atoms with Gasteiger partial charge in [0.05, 0.1) is 17.5 Å². The second-order valence-corrected chi connectivity index (χ2v) is 5.87. The summed E-state index contributed by atoms with van der Waals surface area (Å²) in [5, 5.41) is 0. The van der Waals surface area contributed by atoms with Gasteiger partial charge in [-0.15, -0.1) is 0 Å². The van der Waals surface area contributed by atoms with Gasteiger partial charge in [0.15, 0.2) is 10.7 Å². The SMILES string of the molecule is C[S+](c1ccccc1F)C1CCCCO1. The lowest BCUT2D eigenvalue weighted by molar-refractivity contribution is 0.0707. The lowest BCUT2D eigenvalue weighted by Gasteiger charge is -2.20. The zero-order valence-electron chi connectivity index (χ0n) is 8.91. The lowest BCUT2D eigenvalue weighted by atomic mass is 10.2. The van der Waals surface area contributed by atoms with Crippen molar-refractivity contribution in [3.05, 3.63) is 30.1 Å². The van der Waals surface area contributed by atoms with E-state index in [0.29, 0.717) is 0 Å². The Balaban J connectivity index is 2.12. The standard InChI is InChI=1S/C12H16FOS/c1-15(12-8-4-5-9-14-12)11-7-3-2-6-10(11)13/h2-3,6-7,12H,4-5,8-9H2,1H3/q+1. The largest absolute Gasteiger partial charge is 0.333 e. The molecule has 1 aromatic carbocycles. The molecule has 3 heteroatoms. The van der Waals surface area contributed by atoms with E-state index in [4.69, 9.17) is 4.74 Å². The molecular formula is C12H16FOS+. The summed E-state index contributed by atoms with van der Waals surface area (Å²) < 4.78 is 19.2. The zero-order valence-corrected chi connectivity index (χ0v) is 9.73. The third kappa shape index (κ3) is 2.52. The Morgan fingerprint density at radius 2 is 2.13 bits per heavy atom. The van der Waals surface area contributed by atoms with Crippen molar-refractivity contribution in [1.82, 2.24) is 0 Å². The number of benzene rings is 1. The van der Waals surface area contributed by atoms with Gasteiger partial charge in [0.25, 0.3) is 0 Å². The van der Waals surface area contributed by atoms with Gasteiger partial charge in [-0.2, -0.15) is 0 Å². The molecule has 1 aliphatic rings. The molecule has 1 aliphatic heterocycles. The highest BCUT2D eigenvalue weighted by Gasteiger charge is 2.32. The van der Waals surface area contributed by atoms with E-state index in [1.165, 1.54) is 12.5 Å². The highest BCUT2D eigenvalue weighted by atomic mass is 32.2. The number of ether oxygens (including phenoxy) is 1. The maximum absolute atomic E-state index is 13.5. The van der Waals surface area contributed by atoms with Crippen molar-refractivity contribution in [3.63, 3.8) is 0 Å². The fourth-order valence-corrected chi connectivity index (χ4v) is 3.61. The van der Waals surface area contributed by atoms with Gasteiger partial charge in [-0.1, -0.05) is 12.1 Å². The first-order chi connectivity index (χ1) is 7.29. The summed E-state index contributed by atoms with van der Waals surface area (Å²) in [6, 6.07) is 7.03. The summed E-state index contributed by atoms with van der Waals surface area (Å²) in [6.45, 7) is 0.830. The van der Waals surface area contributed by atoms with Crippen LogP contribution in [0.3, 0.4) is 0 Å². The maximum Gasteiger partial charge on any atom is 0.223 e. The van der Waals surface area contributed by atoms with Crippen LogP contribution in [-0.2, 0) is 15.6 Å². The van der Waals surface area contributed by atoms with E-state index in [9.17, 15) is 4.39 Å². The van der Waals surface area contributed by atoms with Crippen LogP contribution in [0.25, 0.3) is 0 Å². The fraction of sp³-hybridized carbons (Fsp3) is 0.500. The minimum atomic E-state index is -0.129. The average molecular weight is 227 g/mol. The van der Waals surface area contributed by atoms with E-state index >= 15 is 0 Å². The molecule has 0 bridgehead atoms. The summed E-state index contributed by atoms with van der Waals surface area (Å²) in [7, 11) is -0.129. The van der Waals surface area contributed by atoms with Crippen LogP contribution in [0.5, 0.6) is 0 Å². The second-order valence-electron chi connectivity index (χ2n) is 3.78. The van der Waals surface area contributed by atoms with Gasteiger partial charge in [0, 0.05) is 6.42 Å². The van der Waals surface area contributed by atoms with Gasteiger partial charge in [0.1, 0.15) is 6.26 Å². The number of hydrogen-bond acceptors (Lipinski definition) is 1. The van der Waals surface area contributed by atoms with E-state index in [1.54, 1.807) is 6.07 Å². The molecule has 82 valence electrons. The molecule has 0 radical (unpaired) electrons. The van der Waals surface area contributed by atoms with E-state index in [2.05, 4.69) is 6.26 Å². The van der Waals surface area contributed by atoms with E-state index in [1.807, 2.05) is 12.1 Å². The van der Waals surface area contributed by atoms with Gasteiger partial charge in [-0.05, 0) is 25.0 Å². The van der Waals surface area contributed by atoms with Gasteiger partial charge in [0.2, 0.25) is 5.44 Å². The first-order valence-corrected chi connectivity index (χ1v) is 6.99. The molecule has 2 rings (SSSR count). The Morgan fingerprint density at radius 3 is 2.80 bits per heavy atom. The summed E-state index contributed by atoms with van der Waals surface area (Å²) in [5.74, 6) is -0.0995. The number of halogens is 1. The molecule has 0 N–H and O–H groups in total. The molecule has 2 unspecified atom stereocenters. The second kappa shape index (κ2) is 4.99. The van der Waals surface area contributed by atoms with Crippen LogP contribution >= 0.6 is 0 Å². The van der Waals surface area contributed by atoms with E-state index < -0.39 is 0 Å². The molecular weight excluding hydrogens is 211 g/mol. The molecule has 0 amide bonds. The summed E-state index contributed by atoms with van der Waals surface area (Å²) in [4.78, 5) is 0.810. The quantitative estimate of drug-likeness (QED) is 0.706. The first-order valence-electron chi connectivity index (χ1n) is 5.30. The Bertz CT molecular complexity index is 323. The van der Waals surface area contributed by atoms with Crippen LogP contribution in [0, 0.1) is 5.82 Å². The number of hydrogen-bond donors (Lipinski definition) is 0. The average Bonchev–Trinajstić information content (AvgIpc) is 2.30. The topological polar surface area (TPSA) is 9.23 Å². The van der Waals surface area contributed by atoms with E-state index in [-0.39, 0.29) is 22.1 Å². The monoisotopic (exact) mass is 227 g/mol. The zero-order chi connectivity index (χ0) is 10.7. The Kier molecular flexibility index (Phi) is 3.65. The summed E-state index contributed by atoms with van der Waals surface area (Å²) >= 11 is 0. The molecule has 15 heavy (non-hydrogen) atoms. The summed E-state index contributed by atoms with van der Waals surface area (Å²) in [5.41, 5.74) is 0.218. The smallest absolute Gasteiger partial charge is 0.223 e. The Labute approximate surface area is 93.0 Å². The Hall–Kier alpha value is -0.540. The van der Waals surface area contributed by atoms with Crippen LogP contribution in [0.15, 0.2) is 29.2 Å². The highest BCUT2D eigenvalue weighted by Crippen LogP contribution is 2.26. The van der Waals surface area contributed by atoms with Crippen molar-refractivity contribution >= 4 is 10.9 Å². The third-order valence-electron chi connectivity index (χ3n) is 2.72. The van der Waals surface area contributed by atoms with Crippen molar-refractivity contribution in [3.8, 4) is 0 Å². The van der Waals surface area contributed by atoms with Crippen LogP contribution < -0.4 is 0 Å². The van der Waals surface area contributed by atoms with Gasteiger partial charge in [-0.25, -0.2) is 4.39 Å². The first kappa shape index (κ1) is 11.0. The Morgan fingerprint density at radius 1 is 1.33 bits per heavy atom. The minimum absolute atomic E-state index is 0.0995. The highest BCUT2D eigenvalue weighted by molar-refractivity contribution is 7.96. The molecule has 1 heterocycles. The maximum atomic E-state index is 13.5. The summed E-state index contributed by atoms with van der Waals surface area (Å²) in [6.07, 6.45) is 5.49. The fourth-order valence-electron chi connectivity index (χ4n) is 1.84. The van der Waals surface area contributed by atoms with E-state index in [0.717, 1.165) is 24.3 Å². The van der Waals surface area contributed by atoms with Crippen LogP contribution in [-0.4, -0.2) is 18.3 Å². The van der Waals surface area contributed by atoms with Gasteiger partial charge < -0.3 is 4.74 Å². The molecule has 1 aromatic rings. The molecule has 0 aromatic heterocycles. The van der Waals surface area contributed by atoms with Crippen molar-refractivity contribution in [2.24, 2.45) is 0 Å². The van der Waals surface area contributed by atoms with Crippen molar-refractivity contribution < 1.29 is 9.13 Å². The molecule has 1 saturated heterocycles. The minimum Gasteiger partial charge on any atom is -0.333 e. The normalized spacial score (nSPS) is 23.7. The van der Waals surface area contributed by atoms with Crippen LogP contribution in [0.1, 0.15) is 19.3 Å². The van der Waals surface area contributed by atoms with Gasteiger partial charge >= 0.3 is 0 Å². The molecule has 2 atom stereocenters. The molecule has 0 aliphatic carbocycles. The van der Waals surface area contributed by atoms with Crippen molar-refractivity contribution in [2.75, 3.05) is 12.9 Å². The molecule has 1 fully saturated rings. The predicted molar refractivity (Wildman–Crippen MR) is 61.5 cm³/mol. The third-order valence-corrected chi connectivity index (χ3v) is 4.90. The van der Waals surface area contributed by atoms with Crippen LogP contribution in [0.2, 0.25) is 0 Å². The van der Waals surface area contributed by atoms with Crippen molar-refractivity contribution in [1.29, 1.82) is 0 Å². The predicted octanol–water partition coefficient (Wildman–Crippen LogP) is 2.96. The molecule has 0 spiro atoms. The molecule has 0 saturated carbocycles.